The summed E-state index contributed by atoms with van der Waals surface area (Å²) in [5.41, 5.74) is 6.61. The van der Waals surface area contributed by atoms with Crippen LogP contribution in [0.3, 0.4) is 0 Å². The Labute approximate surface area is 107 Å². The van der Waals surface area contributed by atoms with Gasteiger partial charge in [-0.2, -0.15) is 0 Å². The molecule has 0 aliphatic carbocycles. The largest absolute Gasteiger partial charge is 0.355 e. The fourth-order valence-corrected chi connectivity index (χ4v) is 2.57. The highest BCUT2D eigenvalue weighted by molar-refractivity contribution is 5.51. The van der Waals surface area contributed by atoms with Gasteiger partial charge in [0.2, 0.25) is 0 Å². The summed E-state index contributed by atoms with van der Waals surface area (Å²) in [6, 6.07) is 6.27. The van der Waals surface area contributed by atoms with Gasteiger partial charge in [0, 0.05) is 51.7 Å². The number of hydrogen-bond acceptors (Lipinski definition) is 4. The molecule has 3 rings (SSSR count). The Kier molecular flexibility index (Phi) is 3.17. The Bertz CT molecular complexity index is 513. The lowest BCUT2D eigenvalue weighted by Crippen LogP contribution is -2.48. The number of fused-ring (bicyclic) bond motifs is 1. The van der Waals surface area contributed by atoms with E-state index in [1.54, 1.807) is 0 Å². The van der Waals surface area contributed by atoms with Gasteiger partial charge in [-0.3, -0.25) is 9.30 Å². The average molecular weight is 245 g/mol. The highest BCUT2D eigenvalue weighted by Crippen LogP contribution is 2.17. The molecular weight excluding hydrogens is 226 g/mol. The van der Waals surface area contributed by atoms with Gasteiger partial charge in [-0.15, -0.1) is 0 Å². The van der Waals surface area contributed by atoms with Crippen LogP contribution in [-0.2, 0) is 0 Å². The zero-order chi connectivity index (χ0) is 12.4. The molecule has 0 bridgehead atoms. The van der Waals surface area contributed by atoms with E-state index >= 15 is 0 Å². The lowest BCUT2D eigenvalue weighted by Gasteiger charge is -2.36. The van der Waals surface area contributed by atoms with Gasteiger partial charge in [0.25, 0.3) is 0 Å². The van der Waals surface area contributed by atoms with E-state index in [0.717, 1.165) is 44.9 Å². The lowest BCUT2D eigenvalue weighted by molar-refractivity contribution is 0.264. The number of hydrogen-bond donors (Lipinski definition) is 1. The van der Waals surface area contributed by atoms with Crippen molar-refractivity contribution in [3.8, 4) is 0 Å². The van der Waals surface area contributed by atoms with Crippen molar-refractivity contribution in [3.05, 3.63) is 30.6 Å². The number of anilines is 1. The van der Waals surface area contributed by atoms with Crippen LogP contribution < -0.4 is 10.6 Å². The van der Waals surface area contributed by atoms with Crippen molar-refractivity contribution in [1.29, 1.82) is 0 Å². The van der Waals surface area contributed by atoms with Gasteiger partial charge < -0.3 is 10.6 Å². The lowest BCUT2D eigenvalue weighted by atomic mass is 10.3. The van der Waals surface area contributed by atoms with Gasteiger partial charge in [-0.25, -0.2) is 4.98 Å². The molecule has 5 nitrogen and oxygen atoms in total. The number of piperazine rings is 1. The molecule has 0 unspecified atom stereocenters. The van der Waals surface area contributed by atoms with Crippen LogP contribution in [0.15, 0.2) is 30.6 Å². The van der Waals surface area contributed by atoms with Crippen molar-refractivity contribution in [2.24, 2.45) is 5.73 Å². The molecular formula is C13H19N5. The second kappa shape index (κ2) is 4.96. The minimum atomic E-state index is 0.747. The number of nitrogens with zero attached hydrogens (tertiary/aromatic N) is 4. The van der Waals surface area contributed by atoms with Crippen molar-refractivity contribution < 1.29 is 0 Å². The van der Waals surface area contributed by atoms with Crippen LogP contribution in [0.5, 0.6) is 0 Å². The highest BCUT2D eigenvalue weighted by Gasteiger charge is 2.17. The zero-order valence-electron chi connectivity index (χ0n) is 10.5. The van der Waals surface area contributed by atoms with E-state index in [-0.39, 0.29) is 0 Å². The Morgan fingerprint density at radius 2 is 2.00 bits per heavy atom. The molecule has 0 aromatic carbocycles. The summed E-state index contributed by atoms with van der Waals surface area (Å²) in [5, 5.41) is 0. The molecule has 2 N–H and O–H groups in total. The second-order valence-electron chi connectivity index (χ2n) is 4.66. The third-order valence-corrected chi connectivity index (χ3v) is 3.55. The molecule has 0 amide bonds. The van der Waals surface area contributed by atoms with Gasteiger partial charge in [-0.05, 0) is 12.1 Å². The molecule has 18 heavy (non-hydrogen) atoms. The van der Waals surface area contributed by atoms with Crippen LogP contribution in [0.2, 0.25) is 0 Å². The first kappa shape index (κ1) is 11.5. The first-order chi connectivity index (χ1) is 8.88. The van der Waals surface area contributed by atoms with Crippen molar-refractivity contribution in [1.82, 2.24) is 14.3 Å². The van der Waals surface area contributed by atoms with Crippen LogP contribution in [0, 0.1) is 0 Å². The topological polar surface area (TPSA) is 49.8 Å². The minimum Gasteiger partial charge on any atom is -0.355 e. The number of rotatable bonds is 3. The summed E-state index contributed by atoms with van der Waals surface area (Å²) < 4.78 is 2.15. The SMILES string of the molecule is NCCN1CCN(c2cccc3nccn23)CC1. The fourth-order valence-electron chi connectivity index (χ4n) is 2.57. The molecule has 2 aromatic heterocycles. The van der Waals surface area contributed by atoms with Crippen LogP contribution >= 0.6 is 0 Å². The summed E-state index contributed by atoms with van der Waals surface area (Å²) in [6.45, 7) is 6.03. The number of aromatic nitrogens is 2. The molecule has 96 valence electrons. The molecule has 2 aromatic rings. The molecule has 1 fully saturated rings. The van der Waals surface area contributed by atoms with Gasteiger partial charge in [0.15, 0.2) is 0 Å². The highest BCUT2D eigenvalue weighted by atomic mass is 15.3. The molecule has 1 saturated heterocycles. The summed E-state index contributed by atoms with van der Waals surface area (Å²) in [4.78, 5) is 9.17. The van der Waals surface area contributed by atoms with E-state index in [1.165, 1.54) is 5.82 Å². The van der Waals surface area contributed by atoms with E-state index < -0.39 is 0 Å². The summed E-state index contributed by atoms with van der Waals surface area (Å²) in [6.07, 6.45) is 3.88. The number of pyridine rings is 1. The number of imidazole rings is 1. The standard InChI is InChI=1S/C13H19N5/c14-4-6-16-8-10-17(11-9-16)13-3-1-2-12-15-5-7-18(12)13/h1-3,5,7H,4,6,8-11,14H2. The van der Waals surface area contributed by atoms with E-state index in [4.69, 9.17) is 5.73 Å². The quantitative estimate of drug-likeness (QED) is 0.851. The smallest absolute Gasteiger partial charge is 0.138 e. The van der Waals surface area contributed by atoms with Crippen LogP contribution in [0.25, 0.3) is 5.65 Å². The molecule has 0 atom stereocenters. The Morgan fingerprint density at radius 1 is 1.17 bits per heavy atom. The Hall–Kier alpha value is -1.59. The van der Waals surface area contributed by atoms with E-state index in [2.05, 4.69) is 31.3 Å². The predicted molar refractivity (Wildman–Crippen MR) is 72.9 cm³/mol. The van der Waals surface area contributed by atoms with Crippen molar-refractivity contribution in [2.45, 2.75) is 0 Å². The third-order valence-electron chi connectivity index (χ3n) is 3.55. The van der Waals surface area contributed by atoms with Gasteiger partial charge >= 0.3 is 0 Å². The van der Waals surface area contributed by atoms with Crippen LogP contribution in [0.4, 0.5) is 5.82 Å². The van der Waals surface area contributed by atoms with Gasteiger partial charge in [0.1, 0.15) is 11.5 Å². The van der Waals surface area contributed by atoms with Crippen LogP contribution in [-0.4, -0.2) is 53.6 Å². The summed E-state index contributed by atoms with van der Waals surface area (Å²) in [5.74, 6) is 1.23. The van der Waals surface area contributed by atoms with Crippen molar-refractivity contribution >= 4 is 11.5 Å². The minimum absolute atomic E-state index is 0.747. The Morgan fingerprint density at radius 3 is 2.78 bits per heavy atom. The van der Waals surface area contributed by atoms with Crippen LogP contribution in [0.1, 0.15) is 0 Å². The molecule has 3 heterocycles. The second-order valence-corrected chi connectivity index (χ2v) is 4.66. The maximum absolute atomic E-state index is 5.60. The molecule has 0 saturated carbocycles. The first-order valence-electron chi connectivity index (χ1n) is 6.48. The molecule has 0 spiro atoms. The monoisotopic (exact) mass is 245 g/mol. The zero-order valence-corrected chi connectivity index (χ0v) is 10.5. The normalized spacial score (nSPS) is 17.5. The van der Waals surface area contributed by atoms with Gasteiger partial charge in [-0.1, -0.05) is 6.07 Å². The summed E-state index contributed by atoms with van der Waals surface area (Å²) >= 11 is 0. The molecule has 1 aliphatic rings. The van der Waals surface area contributed by atoms with Gasteiger partial charge in [0.05, 0.1) is 0 Å². The third kappa shape index (κ3) is 2.07. The molecule has 0 radical (unpaired) electrons. The average Bonchev–Trinajstić information content (AvgIpc) is 2.88. The van der Waals surface area contributed by atoms with E-state index in [9.17, 15) is 0 Å². The first-order valence-corrected chi connectivity index (χ1v) is 6.48. The van der Waals surface area contributed by atoms with Crippen molar-refractivity contribution in [3.63, 3.8) is 0 Å². The van der Waals surface area contributed by atoms with Crippen molar-refractivity contribution in [2.75, 3.05) is 44.2 Å². The maximum Gasteiger partial charge on any atom is 0.138 e. The summed E-state index contributed by atoms with van der Waals surface area (Å²) in [7, 11) is 0. The predicted octanol–water partition coefficient (Wildman–Crippen LogP) is 0.415. The number of nitrogens with two attached hydrogens (primary N) is 1. The van der Waals surface area contributed by atoms with E-state index in [0.29, 0.717) is 0 Å². The fraction of sp³-hybridized carbons (Fsp3) is 0.462. The molecule has 1 aliphatic heterocycles. The maximum atomic E-state index is 5.60. The Balaban J connectivity index is 1.78. The van der Waals surface area contributed by atoms with E-state index in [1.807, 2.05) is 18.5 Å². The molecule has 5 heteroatoms.